The number of Topliss-reactive ketones (excluding diaryl/α,β-unsaturated/α-hetero) is 1. The van der Waals surface area contributed by atoms with Gasteiger partial charge < -0.3 is 19.7 Å². The molecule has 11 heteroatoms. The van der Waals surface area contributed by atoms with E-state index in [4.69, 9.17) is 9.47 Å². The minimum absolute atomic E-state index is 0.0218. The summed E-state index contributed by atoms with van der Waals surface area (Å²) in [6.45, 7) is 5.74. The lowest BCUT2D eigenvalue weighted by molar-refractivity contribution is -0.137. The molecule has 2 amide bonds. The molecule has 0 bridgehead atoms. The number of halogens is 3. The van der Waals surface area contributed by atoms with E-state index >= 15 is 0 Å². The van der Waals surface area contributed by atoms with Crippen LogP contribution in [0.2, 0.25) is 0 Å². The number of hydrogen-bond acceptors (Lipinski definition) is 6. The van der Waals surface area contributed by atoms with Gasteiger partial charge in [0.2, 0.25) is 0 Å². The van der Waals surface area contributed by atoms with Gasteiger partial charge in [-0.1, -0.05) is 61.2 Å². The van der Waals surface area contributed by atoms with Gasteiger partial charge in [-0.25, -0.2) is 4.79 Å². The summed E-state index contributed by atoms with van der Waals surface area (Å²) in [6, 6.07) is 16.9. The number of esters is 1. The van der Waals surface area contributed by atoms with Crippen LogP contribution in [0.1, 0.15) is 75.1 Å². The second-order valence-corrected chi connectivity index (χ2v) is 13.2. The Morgan fingerprint density at radius 3 is 2.25 bits per heavy atom. The largest absolute Gasteiger partial charge is 0.497 e. The first-order chi connectivity index (χ1) is 26.2. The van der Waals surface area contributed by atoms with Crippen LogP contribution in [0.4, 0.5) is 18.9 Å². The van der Waals surface area contributed by atoms with Crippen molar-refractivity contribution >= 4 is 29.3 Å². The Morgan fingerprint density at radius 1 is 0.964 bits per heavy atom. The van der Waals surface area contributed by atoms with E-state index in [-0.39, 0.29) is 30.6 Å². The van der Waals surface area contributed by atoms with Crippen LogP contribution in [0.5, 0.6) is 0 Å². The van der Waals surface area contributed by atoms with E-state index < -0.39 is 23.6 Å². The van der Waals surface area contributed by atoms with E-state index in [1.165, 1.54) is 17.0 Å². The van der Waals surface area contributed by atoms with Crippen LogP contribution in [0, 0.1) is 0 Å². The molecule has 3 aromatic rings. The summed E-state index contributed by atoms with van der Waals surface area (Å²) in [5.74, 6) is -0.710. The highest BCUT2D eigenvalue weighted by Crippen LogP contribution is 2.33. The molecule has 288 valence electrons. The number of ketones is 1. The molecular weight excluding hydrogens is 709 g/mol. The molecule has 3 aromatic carbocycles. The third-order valence-electron chi connectivity index (χ3n) is 8.90. The SMILES string of the molecule is C=C(/C=C\C(=C/C)OC)COC(=O)c1ccc(CC(=O)CCCc2ccc(NC(=O)C3=CCC(c4ccc(C(F)(F)F)cc4)C=C3)c(C(=O)N(C)C)c2)cc1. The smallest absolute Gasteiger partial charge is 0.416 e. The topological polar surface area (TPSA) is 102 Å². The summed E-state index contributed by atoms with van der Waals surface area (Å²) < 4.78 is 49.3. The van der Waals surface area contributed by atoms with E-state index in [1.54, 1.807) is 100 Å². The fraction of sp³-hybridized carbons (Fsp3) is 0.273. The Morgan fingerprint density at radius 2 is 1.65 bits per heavy atom. The summed E-state index contributed by atoms with van der Waals surface area (Å²) >= 11 is 0. The normalized spacial score (nSPS) is 14.3. The molecule has 4 rings (SSSR count). The number of hydrogen-bond donors (Lipinski definition) is 1. The molecule has 0 aliphatic heterocycles. The van der Waals surface area contributed by atoms with Crippen molar-refractivity contribution in [2.24, 2.45) is 0 Å². The van der Waals surface area contributed by atoms with Crippen molar-refractivity contribution in [1.29, 1.82) is 0 Å². The van der Waals surface area contributed by atoms with Crippen LogP contribution in [0.15, 0.2) is 127 Å². The van der Waals surface area contributed by atoms with E-state index in [1.807, 2.05) is 6.92 Å². The van der Waals surface area contributed by atoms with Crippen LogP contribution in [-0.2, 0) is 38.1 Å². The molecular formula is C44H45F3N2O6. The Kier molecular flexibility index (Phi) is 14.7. The van der Waals surface area contributed by atoms with E-state index in [9.17, 15) is 32.3 Å². The van der Waals surface area contributed by atoms with Crippen LogP contribution in [0.3, 0.4) is 0 Å². The van der Waals surface area contributed by atoms with E-state index in [2.05, 4.69) is 11.9 Å². The van der Waals surface area contributed by atoms with Gasteiger partial charge in [-0.3, -0.25) is 14.4 Å². The summed E-state index contributed by atoms with van der Waals surface area (Å²) in [4.78, 5) is 53.0. The zero-order valence-corrected chi connectivity index (χ0v) is 31.4. The van der Waals surface area contributed by atoms with Crippen LogP contribution < -0.4 is 5.32 Å². The fourth-order valence-corrected chi connectivity index (χ4v) is 5.76. The molecule has 0 aromatic heterocycles. The lowest BCUT2D eigenvalue weighted by atomic mass is 9.89. The van der Waals surface area contributed by atoms with Crippen molar-refractivity contribution in [3.8, 4) is 0 Å². The average molecular weight is 755 g/mol. The van der Waals surface area contributed by atoms with Gasteiger partial charge in [-0.05, 0) is 97.0 Å². The predicted octanol–water partition coefficient (Wildman–Crippen LogP) is 8.97. The van der Waals surface area contributed by atoms with Gasteiger partial charge in [0.25, 0.3) is 11.8 Å². The van der Waals surface area contributed by atoms with Gasteiger partial charge >= 0.3 is 12.1 Å². The highest BCUT2D eigenvalue weighted by molar-refractivity contribution is 6.10. The molecule has 0 heterocycles. The molecule has 1 atom stereocenters. The molecule has 0 spiro atoms. The first-order valence-corrected chi connectivity index (χ1v) is 17.7. The van der Waals surface area contributed by atoms with Gasteiger partial charge in [0.1, 0.15) is 18.1 Å². The molecule has 0 radical (unpaired) electrons. The third-order valence-corrected chi connectivity index (χ3v) is 8.90. The number of methoxy groups -OCH3 is 1. The Hall–Kier alpha value is -5.97. The minimum Gasteiger partial charge on any atom is -0.497 e. The van der Waals surface area contributed by atoms with Gasteiger partial charge in [0.15, 0.2) is 0 Å². The zero-order valence-electron chi connectivity index (χ0n) is 31.4. The maximum Gasteiger partial charge on any atom is 0.416 e. The number of rotatable bonds is 16. The van der Waals surface area contributed by atoms with Crippen molar-refractivity contribution in [3.63, 3.8) is 0 Å². The van der Waals surface area contributed by atoms with Gasteiger partial charge in [-0.2, -0.15) is 13.2 Å². The Labute approximate surface area is 319 Å². The van der Waals surface area contributed by atoms with Crippen molar-refractivity contribution in [1.82, 2.24) is 4.90 Å². The van der Waals surface area contributed by atoms with Crippen LogP contribution in [0.25, 0.3) is 0 Å². The maximum absolute atomic E-state index is 13.2. The average Bonchev–Trinajstić information content (AvgIpc) is 3.17. The summed E-state index contributed by atoms with van der Waals surface area (Å²) in [5, 5.41) is 2.83. The minimum atomic E-state index is -4.41. The van der Waals surface area contributed by atoms with Crippen molar-refractivity contribution in [2.45, 2.75) is 51.1 Å². The fourth-order valence-electron chi connectivity index (χ4n) is 5.76. The summed E-state index contributed by atoms with van der Waals surface area (Å²) in [5.41, 5.74) is 3.56. The number of nitrogens with one attached hydrogen (secondary N) is 1. The lowest BCUT2D eigenvalue weighted by Crippen LogP contribution is -2.24. The number of ether oxygens (including phenoxy) is 2. The van der Waals surface area contributed by atoms with Crippen molar-refractivity contribution in [3.05, 3.63) is 160 Å². The van der Waals surface area contributed by atoms with Gasteiger partial charge in [0, 0.05) is 38.4 Å². The number of benzene rings is 3. The number of nitrogens with zero attached hydrogens (tertiary/aromatic N) is 1. The second-order valence-electron chi connectivity index (χ2n) is 13.2. The maximum atomic E-state index is 13.2. The zero-order chi connectivity index (χ0) is 40.1. The predicted molar refractivity (Wildman–Crippen MR) is 207 cm³/mol. The highest BCUT2D eigenvalue weighted by Gasteiger charge is 2.30. The highest BCUT2D eigenvalue weighted by atomic mass is 19.4. The van der Waals surface area contributed by atoms with Crippen LogP contribution >= 0.6 is 0 Å². The van der Waals surface area contributed by atoms with Crippen LogP contribution in [-0.4, -0.2) is 56.3 Å². The molecule has 0 saturated heterocycles. The lowest BCUT2D eigenvalue weighted by Gasteiger charge is -2.19. The number of aryl methyl sites for hydroxylation is 1. The monoisotopic (exact) mass is 754 g/mol. The standard InChI is InChI=1S/C44H45F3N2O6/c1-6-38(54-5)24-10-29(2)28-55-43(53)35-14-11-31(12-15-35)26-37(50)9-7-8-30-13-25-40(39(27-30)42(52)49(3)4)48-41(51)34-18-16-32(17-19-34)33-20-22-36(23-21-33)44(45,46)47/h6,10-16,18-25,27,32H,2,7-9,17,26,28H2,1,3-5H3,(H,48,51)/b24-10-,38-6+. The molecule has 0 saturated carbocycles. The number of alkyl halides is 3. The molecule has 1 aliphatic rings. The molecule has 1 unspecified atom stereocenters. The number of anilines is 1. The summed E-state index contributed by atoms with van der Waals surface area (Å²) in [6.07, 6.45) is 7.97. The second kappa shape index (κ2) is 19.4. The quantitative estimate of drug-likeness (QED) is 0.0891. The summed E-state index contributed by atoms with van der Waals surface area (Å²) in [7, 11) is 4.79. The van der Waals surface area contributed by atoms with Crippen molar-refractivity contribution < 1.29 is 41.8 Å². The van der Waals surface area contributed by atoms with Gasteiger partial charge in [-0.15, -0.1) is 0 Å². The molecule has 1 aliphatic carbocycles. The molecule has 8 nitrogen and oxygen atoms in total. The first-order valence-electron chi connectivity index (χ1n) is 17.7. The Bertz CT molecular complexity index is 2010. The number of allylic oxidation sites excluding steroid dienone is 4. The number of amides is 2. The third kappa shape index (κ3) is 12.3. The van der Waals surface area contributed by atoms with Gasteiger partial charge in [0.05, 0.1) is 29.5 Å². The number of carbonyl (C=O) groups is 4. The molecule has 1 N–H and O–H groups in total. The molecule has 0 fully saturated rings. The number of carbonyl (C=O) groups excluding carboxylic acids is 4. The van der Waals surface area contributed by atoms with E-state index in [0.29, 0.717) is 65.0 Å². The molecule has 55 heavy (non-hydrogen) atoms. The Balaban J connectivity index is 1.28. The first kappa shape index (κ1) is 41.8. The van der Waals surface area contributed by atoms with E-state index in [0.717, 1.165) is 23.3 Å². The van der Waals surface area contributed by atoms with Crippen molar-refractivity contribution in [2.75, 3.05) is 33.1 Å².